The smallest absolute Gasteiger partial charge is 0.161 e. The van der Waals surface area contributed by atoms with E-state index in [0.29, 0.717) is 25.3 Å². The maximum Gasteiger partial charge on any atom is 0.161 e. The van der Waals surface area contributed by atoms with Gasteiger partial charge in [-0.25, -0.2) is 0 Å². The van der Waals surface area contributed by atoms with Crippen LogP contribution in [0, 0.1) is 0 Å². The topological polar surface area (TPSA) is 46.3 Å². The summed E-state index contributed by atoms with van der Waals surface area (Å²) in [6.07, 6.45) is 3.88. The van der Waals surface area contributed by atoms with Crippen LogP contribution in [0.3, 0.4) is 0 Å². The van der Waals surface area contributed by atoms with E-state index in [2.05, 4.69) is 82.9 Å². The number of carbonyl (C=O) groups is 1. The fourth-order valence-electron chi connectivity index (χ4n) is 4.74. The third-order valence-corrected chi connectivity index (χ3v) is 6.15. The summed E-state index contributed by atoms with van der Waals surface area (Å²) in [5, 5.41) is 3.78. The van der Waals surface area contributed by atoms with Gasteiger partial charge < -0.3 is 4.52 Å². The molecule has 0 aliphatic carbocycles. The minimum absolute atomic E-state index is 0.153. The quantitative estimate of drug-likeness (QED) is 0.324. The molecule has 0 amide bonds. The van der Waals surface area contributed by atoms with Gasteiger partial charge in [-0.1, -0.05) is 96.2 Å². The summed E-state index contributed by atoms with van der Waals surface area (Å²) in [5.74, 6) is 0.751. The SMILES string of the molecule is O=C1CCN(C(c2ccccc2)(c2ccccc2)c2ccccc2)CC1=Cc1ccno1. The molecule has 5 rings (SSSR count). The fraction of sp³-hybridized carbons (Fsp3) is 0.143. The van der Waals surface area contributed by atoms with Gasteiger partial charge >= 0.3 is 0 Å². The van der Waals surface area contributed by atoms with Crippen LogP contribution in [0.1, 0.15) is 28.9 Å². The monoisotopic (exact) mass is 420 g/mol. The molecule has 32 heavy (non-hydrogen) atoms. The van der Waals surface area contributed by atoms with Crippen molar-refractivity contribution < 1.29 is 9.32 Å². The standard InChI is InChI=1S/C28H24N2O2/c31-27-17-19-30(21-22(27)20-26-16-18-29-32-26)28(23-10-4-1-5-11-23,24-12-6-2-7-13-24)25-14-8-3-9-15-25/h1-16,18,20H,17,19,21H2. The average molecular weight is 421 g/mol. The maximum atomic E-state index is 12.8. The van der Waals surface area contributed by atoms with E-state index in [0.717, 1.165) is 5.57 Å². The molecule has 1 fully saturated rings. The molecule has 0 bridgehead atoms. The Kier molecular flexibility index (Phi) is 5.53. The summed E-state index contributed by atoms with van der Waals surface area (Å²) in [6.45, 7) is 1.17. The molecular weight excluding hydrogens is 396 g/mol. The zero-order valence-electron chi connectivity index (χ0n) is 17.7. The fourth-order valence-corrected chi connectivity index (χ4v) is 4.74. The minimum atomic E-state index is -0.537. The van der Waals surface area contributed by atoms with Crippen LogP contribution in [0.2, 0.25) is 0 Å². The van der Waals surface area contributed by atoms with Crippen LogP contribution in [0.5, 0.6) is 0 Å². The number of hydrogen-bond donors (Lipinski definition) is 0. The number of aromatic nitrogens is 1. The lowest BCUT2D eigenvalue weighted by Crippen LogP contribution is -2.52. The second kappa shape index (κ2) is 8.77. The van der Waals surface area contributed by atoms with Gasteiger partial charge in [0, 0.05) is 31.1 Å². The number of ketones is 1. The number of benzene rings is 3. The molecule has 0 saturated carbocycles. The van der Waals surface area contributed by atoms with Gasteiger partial charge in [0.1, 0.15) is 0 Å². The molecule has 1 aliphatic heterocycles. The molecule has 1 aliphatic rings. The Morgan fingerprint density at radius 2 is 1.31 bits per heavy atom. The van der Waals surface area contributed by atoms with Crippen molar-refractivity contribution in [3.63, 3.8) is 0 Å². The van der Waals surface area contributed by atoms with Gasteiger partial charge in [0.05, 0.1) is 11.7 Å². The predicted octanol–water partition coefficient (Wildman–Crippen LogP) is 5.32. The van der Waals surface area contributed by atoms with Gasteiger partial charge in [0.2, 0.25) is 0 Å². The van der Waals surface area contributed by atoms with Gasteiger partial charge in [0.25, 0.3) is 0 Å². The summed E-state index contributed by atoms with van der Waals surface area (Å²) < 4.78 is 5.26. The largest absolute Gasteiger partial charge is 0.357 e. The van der Waals surface area contributed by atoms with Crippen LogP contribution in [0.15, 0.2) is 113 Å². The van der Waals surface area contributed by atoms with Gasteiger partial charge in [0.15, 0.2) is 11.5 Å². The second-order valence-corrected chi connectivity index (χ2v) is 7.99. The third kappa shape index (κ3) is 3.59. The molecule has 2 heterocycles. The summed E-state index contributed by atoms with van der Waals surface area (Å²) >= 11 is 0. The Balaban J connectivity index is 1.72. The van der Waals surface area contributed by atoms with Crippen LogP contribution in [-0.2, 0) is 10.3 Å². The first kappa shape index (κ1) is 20.2. The number of rotatable bonds is 5. The zero-order chi connectivity index (χ0) is 21.8. The normalized spacial score (nSPS) is 16.4. The highest BCUT2D eigenvalue weighted by atomic mass is 16.5. The highest BCUT2D eigenvalue weighted by Crippen LogP contribution is 2.43. The van der Waals surface area contributed by atoms with Gasteiger partial charge in [-0.05, 0) is 22.8 Å². The summed E-state index contributed by atoms with van der Waals surface area (Å²) in [7, 11) is 0. The van der Waals surface area contributed by atoms with Gasteiger partial charge in [-0.2, -0.15) is 0 Å². The van der Waals surface area contributed by atoms with E-state index < -0.39 is 5.54 Å². The number of carbonyl (C=O) groups excluding carboxylic acids is 1. The molecule has 0 N–H and O–H groups in total. The molecule has 4 aromatic rings. The van der Waals surface area contributed by atoms with Crippen molar-refractivity contribution in [2.75, 3.05) is 13.1 Å². The Labute approximate surface area is 187 Å². The van der Waals surface area contributed by atoms with Crippen LogP contribution in [-0.4, -0.2) is 28.9 Å². The number of hydrogen-bond acceptors (Lipinski definition) is 4. The van der Waals surface area contributed by atoms with E-state index in [1.165, 1.54) is 16.7 Å². The molecule has 3 aromatic carbocycles. The van der Waals surface area contributed by atoms with Crippen LogP contribution in [0.25, 0.3) is 6.08 Å². The second-order valence-electron chi connectivity index (χ2n) is 7.99. The Morgan fingerprint density at radius 1 is 0.781 bits per heavy atom. The van der Waals surface area contributed by atoms with E-state index in [4.69, 9.17) is 4.52 Å². The van der Waals surface area contributed by atoms with Crippen molar-refractivity contribution in [1.29, 1.82) is 0 Å². The van der Waals surface area contributed by atoms with Gasteiger partial charge in [-0.3, -0.25) is 9.69 Å². The highest BCUT2D eigenvalue weighted by Gasteiger charge is 2.44. The molecule has 0 radical (unpaired) electrons. The predicted molar refractivity (Wildman–Crippen MR) is 125 cm³/mol. The molecule has 0 atom stereocenters. The lowest BCUT2D eigenvalue weighted by molar-refractivity contribution is -0.117. The first-order chi connectivity index (χ1) is 15.8. The molecule has 158 valence electrons. The number of Topliss-reactive ketones (excluding diaryl/α,β-unsaturated/α-hetero) is 1. The summed E-state index contributed by atoms with van der Waals surface area (Å²) in [5.41, 5.74) is 3.72. The van der Waals surface area contributed by atoms with Crippen molar-refractivity contribution in [2.24, 2.45) is 0 Å². The molecule has 0 spiro atoms. The number of piperidine rings is 1. The van der Waals surface area contributed by atoms with Crippen LogP contribution >= 0.6 is 0 Å². The first-order valence-electron chi connectivity index (χ1n) is 10.8. The molecule has 0 unspecified atom stereocenters. The van der Waals surface area contributed by atoms with E-state index in [-0.39, 0.29) is 5.78 Å². The first-order valence-corrected chi connectivity index (χ1v) is 10.8. The van der Waals surface area contributed by atoms with E-state index >= 15 is 0 Å². The lowest BCUT2D eigenvalue weighted by atomic mass is 9.74. The Bertz CT molecular complexity index is 1100. The molecular formula is C28H24N2O2. The van der Waals surface area contributed by atoms with Crippen molar-refractivity contribution in [1.82, 2.24) is 10.1 Å². The molecule has 1 saturated heterocycles. The minimum Gasteiger partial charge on any atom is -0.357 e. The van der Waals surface area contributed by atoms with Crippen molar-refractivity contribution >= 4 is 11.9 Å². The summed E-state index contributed by atoms with van der Waals surface area (Å²) in [4.78, 5) is 15.3. The Hall–Kier alpha value is -3.76. The van der Waals surface area contributed by atoms with Crippen molar-refractivity contribution in [3.05, 3.63) is 131 Å². The maximum absolute atomic E-state index is 12.8. The van der Waals surface area contributed by atoms with Crippen LogP contribution in [0.4, 0.5) is 0 Å². The van der Waals surface area contributed by atoms with Crippen LogP contribution < -0.4 is 0 Å². The molecule has 1 aromatic heterocycles. The van der Waals surface area contributed by atoms with E-state index in [1.807, 2.05) is 24.3 Å². The van der Waals surface area contributed by atoms with Crippen molar-refractivity contribution in [2.45, 2.75) is 12.0 Å². The van der Waals surface area contributed by atoms with E-state index in [9.17, 15) is 4.79 Å². The highest BCUT2D eigenvalue weighted by molar-refractivity contribution is 6.00. The molecule has 4 heteroatoms. The number of nitrogens with zero attached hydrogens (tertiary/aromatic N) is 2. The van der Waals surface area contributed by atoms with Crippen molar-refractivity contribution in [3.8, 4) is 0 Å². The molecule has 4 nitrogen and oxygen atoms in total. The lowest BCUT2D eigenvalue weighted by Gasteiger charge is -2.47. The Morgan fingerprint density at radius 3 is 1.78 bits per heavy atom. The number of likely N-dealkylation sites (tertiary alicyclic amines) is 1. The summed E-state index contributed by atoms with van der Waals surface area (Å²) in [6, 6.07) is 33.4. The zero-order valence-corrected chi connectivity index (χ0v) is 17.7. The van der Waals surface area contributed by atoms with Gasteiger partial charge in [-0.15, -0.1) is 0 Å². The third-order valence-electron chi connectivity index (χ3n) is 6.15. The average Bonchev–Trinajstić information content (AvgIpc) is 3.37. The van der Waals surface area contributed by atoms with E-state index in [1.54, 1.807) is 12.3 Å².